The van der Waals surface area contributed by atoms with Crippen molar-refractivity contribution in [3.05, 3.63) is 59.2 Å². The minimum Gasteiger partial charge on any atom is -0.493 e. The number of hydrogen-bond acceptors (Lipinski definition) is 7. The fourth-order valence-electron chi connectivity index (χ4n) is 3.54. The average molecular weight is 482 g/mol. The highest BCUT2D eigenvalue weighted by atomic mass is 16.5. The van der Waals surface area contributed by atoms with Gasteiger partial charge in [0.15, 0.2) is 0 Å². The van der Waals surface area contributed by atoms with Crippen LogP contribution in [0.1, 0.15) is 55.1 Å². The quantitative estimate of drug-likeness (QED) is 0.489. The summed E-state index contributed by atoms with van der Waals surface area (Å²) in [5, 5.41) is 9.41. The largest absolute Gasteiger partial charge is 0.493 e. The smallest absolute Gasteiger partial charge is 0.302 e. The number of aryl methyl sites for hydroxylation is 1. The topological polar surface area (TPSA) is 89.5 Å². The maximum Gasteiger partial charge on any atom is 0.302 e. The lowest BCUT2D eigenvalue weighted by Gasteiger charge is -2.23. The Labute approximate surface area is 207 Å². The predicted molar refractivity (Wildman–Crippen MR) is 136 cm³/mol. The molecular formula is C27H35N3O5. The summed E-state index contributed by atoms with van der Waals surface area (Å²) in [5.74, 6) is 0.583. The molecule has 1 unspecified atom stereocenters. The molecule has 2 aliphatic rings. The highest BCUT2D eigenvalue weighted by Gasteiger charge is 2.14. The lowest BCUT2D eigenvalue weighted by atomic mass is 10.0. The molecule has 2 aromatic rings. The van der Waals surface area contributed by atoms with E-state index in [-0.39, 0.29) is 18.0 Å². The van der Waals surface area contributed by atoms with Gasteiger partial charge < -0.3 is 19.5 Å². The number of nitrogens with one attached hydrogen (secondary N) is 1. The van der Waals surface area contributed by atoms with Crippen LogP contribution in [0.4, 0.5) is 5.69 Å². The van der Waals surface area contributed by atoms with E-state index in [0.717, 1.165) is 74.7 Å². The molecule has 2 aromatic carbocycles. The van der Waals surface area contributed by atoms with Crippen LogP contribution in [0.3, 0.4) is 0 Å². The number of amides is 1. The zero-order chi connectivity index (χ0) is 25.0. The average Bonchev–Trinajstić information content (AvgIpc) is 2.88. The number of fused-ring (bicyclic) bond motifs is 1. The third-order valence-corrected chi connectivity index (χ3v) is 5.64. The number of anilines is 1. The number of esters is 1. The minimum absolute atomic E-state index is 0.0764. The molecule has 1 N–H and O–H groups in total. The summed E-state index contributed by atoms with van der Waals surface area (Å²) in [6.07, 6.45) is 4.74. The van der Waals surface area contributed by atoms with Crippen LogP contribution in [0, 0.1) is 0 Å². The van der Waals surface area contributed by atoms with Crippen LogP contribution in [0.15, 0.2) is 47.6 Å². The fraction of sp³-hybridized carbons (Fsp3) is 0.444. The van der Waals surface area contributed by atoms with Crippen LogP contribution in [-0.2, 0) is 20.7 Å². The summed E-state index contributed by atoms with van der Waals surface area (Å²) in [5.41, 5.74) is 3.50. The Morgan fingerprint density at radius 3 is 2.54 bits per heavy atom. The monoisotopic (exact) mass is 481 g/mol. The molecule has 35 heavy (non-hydrogen) atoms. The summed E-state index contributed by atoms with van der Waals surface area (Å²) >= 11 is 0. The molecule has 1 saturated heterocycles. The standard InChI is InChI=1S/C21H23N3O3.C6H12O2/c25-21(18-5-8-20-17(14-18)2-1-11-27-20)23-19-6-3-16(4-7-19)15-22-24-9-12-26-13-10-24;1-4-5(2)8-6(3)7/h3-8,14-15H,1-2,9-13H2,(H,23,25);5H,4H2,1-3H3. The zero-order valence-corrected chi connectivity index (χ0v) is 20.8. The molecule has 0 radical (unpaired) electrons. The molecule has 0 aromatic heterocycles. The van der Waals surface area contributed by atoms with Crippen LogP contribution in [0.25, 0.3) is 0 Å². The fourth-order valence-corrected chi connectivity index (χ4v) is 3.54. The Morgan fingerprint density at radius 2 is 1.89 bits per heavy atom. The highest BCUT2D eigenvalue weighted by Crippen LogP contribution is 2.26. The molecule has 0 bridgehead atoms. The second kappa shape index (κ2) is 13.5. The van der Waals surface area contributed by atoms with Gasteiger partial charge in [-0.05, 0) is 67.6 Å². The van der Waals surface area contributed by atoms with Crippen molar-refractivity contribution in [1.29, 1.82) is 0 Å². The van der Waals surface area contributed by atoms with Crippen molar-refractivity contribution in [1.82, 2.24) is 5.01 Å². The molecule has 2 aliphatic heterocycles. The number of ether oxygens (including phenoxy) is 3. The Balaban J connectivity index is 0.000000371. The molecular weight excluding hydrogens is 446 g/mol. The van der Waals surface area contributed by atoms with Crippen LogP contribution in [0.2, 0.25) is 0 Å². The lowest BCUT2D eigenvalue weighted by molar-refractivity contribution is -0.145. The van der Waals surface area contributed by atoms with Crippen molar-refractivity contribution in [2.75, 3.05) is 38.2 Å². The van der Waals surface area contributed by atoms with Crippen LogP contribution >= 0.6 is 0 Å². The number of rotatable bonds is 6. The number of hydrazone groups is 1. The molecule has 4 rings (SSSR count). The second-order valence-electron chi connectivity index (χ2n) is 8.49. The van der Waals surface area contributed by atoms with Gasteiger partial charge in [-0.25, -0.2) is 0 Å². The molecule has 2 heterocycles. The normalized spacial score (nSPS) is 15.8. The van der Waals surface area contributed by atoms with Crippen molar-refractivity contribution in [3.8, 4) is 5.75 Å². The first kappa shape index (κ1) is 26.2. The summed E-state index contributed by atoms with van der Waals surface area (Å²) in [6.45, 7) is 9.10. The maximum absolute atomic E-state index is 12.5. The van der Waals surface area contributed by atoms with Crippen molar-refractivity contribution >= 4 is 23.8 Å². The van der Waals surface area contributed by atoms with E-state index in [1.54, 1.807) is 0 Å². The molecule has 0 saturated carbocycles. The second-order valence-corrected chi connectivity index (χ2v) is 8.49. The molecule has 1 amide bonds. The first-order valence-corrected chi connectivity index (χ1v) is 12.2. The van der Waals surface area contributed by atoms with Gasteiger partial charge in [-0.15, -0.1) is 0 Å². The molecule has 0 spiro atoms. The Hall–Kier alpha value is -3.39. The third kappa shape index (κ3) is 8.72. The third-order valence-electron chi connectivity index (χ3n) is 5.64. The predicted octanol–water partition coefficient (Wildman–Crippen LogP) is 4.28. The maximum atomic E-state index is 12.5. The lowest BCUT2D eigenvalue weighted by Crippen LogP contribution is -2.32. The number of benzene rings is 2. The summed E-state index contributed by atoms with van der Waals surface area (Å²) in [4.78, 5) is 22.7. The highest BCUT2D eigenvalue weighted by molar-refractivity contribution is 6.04. The number of carbonyl (C=O) groups excluding carboxylic acids is 2. The van der Waals surface area contributed by atoms with E-state index in [2.05, 4.69) is 10.4 Å². The van der Waals surface area contributed by atoms with E-state index >= 15 is 0 Å². The molecule has 188 valence electrons. The van der Waals surface area contributed by atoms with E-state index in [1.807, 2.05) is 67.5 Å². The van der Waals surface area contributed by atoms with Gasteiger partial charge in [0.2, 0.25) is 0 Å². The van der Waals surface area contributed by atoms with Gasteiger partial charge in [0, 0.05) is 18.2 Å². The van der Waals surface area contributed by atoms with E-state index in [9.17, 15) is 9.59 Å². The van der Waals surface area contributed by atoms with Crippen LogP contribution in [-0.4, -0.2) is 62.1 Å². The van der Waals surface area contributed by atoms with E-state index in [1.165, 1.54) is 6.92 Å². The Morgan fingerprint density at radius 1 is 1.14 bits per heavy atom. The minimum atomic E-state index is -0.195. The van der Waals surface area contributed by atoms with E-state index in [4.69, 9.17) is 14.2 Å². The number of nitrogens with zero attached hydrogens (tertiary/aromatic N) is 2. The Bertz CT molecular complexity index is 1000. The van der Waals surface area contributed by atoms with Gasteiger partial charge in [0.05, 0.1) is 45.2 Å². The first-order chi connectivity index (χ1) is 16.9. The first-order valence-electron chi connectivity index (χ1n) is 12.2. The van der Waals surface area contributed by atoms with Crippen molar-refractivity contribution < 1.29 is 23.8 Å². The molecule has 8 heteroatoms. The summed E-state index contributed by atoms with van der Waals surface area (Å²) < 4.78 is 15.7. The molecule has 1 atom stereocenters. The molecule has 0 aliphatic carbocycles. The number of hydrogen-bond donors (Lipinski definition) is 1. The van der Waals surface area contributed by atoms with Gasteiger partial charge in [-0.2, -0.15) is 5.10 Å². The van der Waals surface area contributed by atoms with Gasteiger partial charge in [0.25, 0.3) is 5.91 Å². The van der Waals surface area contributed by atoms with E-state index < -0.39 is 0 Å². The van der Waals surface area contributed by atoms with Crippen LogP contribution in [0.5, 0.6) is 5.75 Å². The Kier molecular flexibility index (Phi) is 10.1. The SMILES string of the molecule is CCC(C)OC(C)=O.O=C(Nc1ccc(C=NN2CCOCC2)cc1)c1ccc2c(c1)CCCO2. The molecule has 1 fully saturated rings. The van der Waals surface area contributed by atoms with Gasteiger partial charge >= 0.3 is 5.97 Å². The van der Waals surface area contributed by atoms with Gasteiger partial charge in [0.1, 0.15) is 5.75 Å². The van der Waals surface area contributed by atoms with Crippen molar-refractivity contribution in [2.24, 2.45) is 5.10 Å². The van der Waals surface area contributed by atoms with Gasteiger partial charge in [-0.3, -0.25) is 14.6 Å². The number of carbonyl (C=O) groups is 2. The van der Waals surface area contributed by atoms with Crippen LogP contribution < -0.4 is 10.1 Å². The van der Waals surface area contributed by atoms with Gasteiger partial charge in [-0.1, -0.05) is 19.1 Å². The number of morpholine rings is 1. The summed E-state index contributed by atoms with van der Waals surface area (Å²) in [6, 6.07) is 13.3. The zero-order valence-electron chi connectivity index (χ0n) is 20.8. The molecule has 8 nitrogen and oxygen atoms in total. The summed E-state index contributed by atoms with van der Waals surface area (Å²) in [7, 11) is 0. The van der Waals surface area contributed by atoms with Crippen molar-refractivity contribution in [2.45, 2.75) is 46.1 Å². The van der Waals surface area contributed by atoms with E-state index in [0.29, 0.717) is 5.56 Å². The van der Waals surface area contributed by atoms with Crippen molar-refractivity contribution in [3.63, 3.8) is 0 Å².